The maximum absolute atomic E-state index is 12.6. The molecule has 0 bridgehead atoms. The fourth-order valence-corrected chi connectivity index (χ4v) is 4.95. The van der Waals surface area contributed by atoms with E-state index in [0.29, 0.717) is 9.10 Å². The lowest BCUT2D eigenvalue weighted by atomic mass is 10.2. The molecule has 96 valence electrons. The smallest absolute Gasteiger partial charge is 0.216 e. The summed E-state index contributed by atoms with van der Waals surface area (Å²) in [5.41, 5.74) is 0.762. The largest absolute Gasteiger partial charge is 0.263 e. The fraction of sp³-hybridized carbons (Fsp3) is 0.0714. The Balaban J connectivity index is 2.23. The molecule has 0 unspecified atom stereocenters. The number of benzene rings is 1. The summed E-state index contributed by atoms with van der Waals surface area (Å²) in [5, 5.41) is 0.909. The highest BCUT2D eigenvalue weighted by molar-refractivity contribution is 7.93. The summed E-state index contributed by atoms with van der Waals surface area (Å²) >= 11 is 1.26. The zero-order valence-corrected chi connectivity index (χ0v) is 11.8. The van der Waals surface area contributed by atoms with E-state index in [1.807, 2.05) is 25.1 Å². The Bertz CT molecular complexity index is 818. The molecular formula is C14H11NO2S2. The number of hydrogen-bond acceptors (Lipinski definition) is 4. The molecule has 19 heavy (non-hydrogen) atoms. The van der Waals surface area contributed by atoms with Gasteiger partial charge < -0.3 is 0 Å². The van der Waals surface area contributed by atoms with E-state index < -0.39 is 9.84 Å². The van der Waals surface area contributed by atoms with Gasteiger partial charge >= 0.3 is 0 Å². The van der Waals surface area contributed by atoms with Crippen molar-refractivity contribution in [1.82, 2.24) is 4.98 Å². The van der Waals surface area contributed by atoms with Gasteiger partial charge in [-0.05, 0) is 36.1 Å². The summed E-state index contributed by atoms with van der Waals surface area (Å²) in [5.74, 6) is 0. The Morgan fingerprint density at radius 2 is 1.95 bits per heavy atom. The van der Waals surface area contributed by atoms with E-state index in [9.17, 15) is 8.42 Å². The van der Waals surface area contributed by atoms with Gasteiger partial charge in [-0.25, -0.2) is 8.42 Å². The van der Waals surface area contributed by atoms with Crippen LogP contribution in [0.15, 0.2) is 57.9 Å². The van der Waals surface area contributed by atoms with Gasteiger partial charge in [0.25, 0.3) is 0 Å². The fourth-order valence-electron chi connectivity index (χ4n) is 1.96. The van der Waals surface area contributed by atoms with Crippen LogP contribution >= 0.6 is 11.3 Å². The number of aromatic nitrogens is 1. The van der Waals surface area contributed by atoms with Crippen molar-refractivity contribution in [3.63, 3.8) is 0 Å². The molecule has 0 saturated heterocycles. The second kappa shape index (κ2) is 4.43. The molecule has 0 aliphatic heterocycles. The Hall–Kier alpha value is -1.72. The van der Waals surface area contributed by atoms with E-state index in [4.69, 9.17) is 0 Å². The van der Waals surface area contributed by atoms with Crippen LogP contribution in [-0.2, 0) is 9.84 Å². The Morgan fingerprint density at radius 1 is 1.16 bits per heavy atom. The number of rotatable bonds is 2. The number of fused-ring (bicyclic) bond motifs is 1. The molecule has 0 spiro atoms. The SMILES string of the molecule is Cc1ccccc1S(=O)(=O)c1cc2ccncc2s1. The molecule has 0 saturated carbocycles. The van der Waals surface area contributed by atoms with Gasteiger partial charge in [0.1, 0.15) is 4.21 Å². The third-order valence-corrected chi connectivity index (χ3v) is 6.42. The maximum atomic E-state index is 12.6. The molecule has 2 aromatic heterocycles. The second-order valence-electron chi connectivity index (χ2n) is 4.25. The molecule has 5 heteroatoms. The summed E-state index contributed by atoms with van der Waals surface area (Å²) in [6.07, 6.45) is 3.36. The van der Waals surface area contributed by atoms with Crippen LogP contribution in [0.4, 0.5) is 0 Å². The number of hydrogen-bond donors (Lipinski definition) is 0. The average Bonchev–Trinajstić information content (AvgIpc) is 2.83. The first-order chi connectivity index (χ1) is 9.09. The number of pyridine rings is 1. The van der Waals surface area contributed by atoms with Crippen LogP contribution in [0.1, 0.15) is 5.56 Å². The third-order valence-electron chi connectivity index (χ3n) is 2.95. The monoisotopic (exact) mass is 289 g/mol. The molecule has 1 aromatic carbocycles. The normalized spacial score (nSPS) is 11.8. The molecule has 3 rings (SSSR count). The zero-order chi connectivity index (χ0) is 13.5. The van der Waals surface area contributed by atoms with E-state index >= 15 is 0 Å². The molecule has 2 heterocycles. The van der Waals surface area contributed by atoms with Gasteiger partial charge in [0.15, 0.2) is 0 Å². The molecule has 0 aliphatic carbocycles. The van der Waals surface area contributed by atoms with Crippen LogP contribution in [0.5, 0.6) is 0 Å². The first-order valence-electron chi connectivity index (χ1n) is 5.73. The highest BCUT2D eigenvalue weighted by atomic mass is 32.2. The number of aryl methyl sites for hydroxylation is 1. The first kappa shape index (κ1) is 12.3. The van der Waals surface area contributed by atoms with Gasteiger partial charge in [0, 0.05) is 12.4 Å². The van der Waals surface area contributed by atoms with E-state index in [1.54, 1.807) is 30.6 Å². The van der Waals surface area contributed by atoms with E-state index in [2.05, 4.69) is 4.98 Å². The van der Waals surface area contributed by atoms with E-state index in [0.717, 1.165) is 15.6 Å². The lowest BCUT2D eigenvalue weighted by Gasteiger charge is -2.04. The van der Waals surface area contributed by atoms with Gasteiger partial charge in [-0.1, -0.05) is 18.2 Å². The summed E-state index contributed by atoms with van der Waals surface area (Å²) in [6.45, 7) is 1.81. The highest BCUT2D eigenvalue weighted by Gasteiger charge is 2.21. The molecule has 0 aliphatic rings. The molecule has 0 atom stereocenters. The highest BCUT2D eigenvalue weighted by Crippen LogP contribution is 2.33. The van der Waals surface area contributed by atoms with Crippen molar-refractivity contribution < 1.29 is 8.42 Å². The van der Waals surface area contributed by atoms with Crippen molar-refractivity contribution in [2.45, 2.75) is 16.0 Å². The Labute approximate surface area is 115 Å². The topological polar surface area (TPSA) is 47.0 Å². The average molecular weight is 289 g/mol. The van der Waals surface area contributed by atoms with Crippen molar-refractivity contribution in [2.75, 3.05) is 0 Å². The van der Waals surface area contributed by atoms with Gasteiger partial charge in [0.2, 0.25) is 9.84 Å². The minimum atomic E-state index is -3.44. The molecule has 3 nitrogen and oxygen atoms in total. The molecular weight excluding hydrogens is 278 g/mol. The predicted molar refractivity (Wildman–Crippen MR) is 76.3 cm³/mol. The summed E-state index contributed by atoms with van der Waals surface area (Å²) in [6, 6.07) is 10.6. The van der Waals surface area contributed by atoms with Gasteiger partial charge in [0.05, 0.1) is 9.60 Å². The Morgan fingerprint density at radius 3 is 2.68 bits per heavy atom. The van der Waals surface area contributed by atoms with Crippen LogP contribution < -0.4 is 0 Å². The van der Waals surface area contributed by atoms with Crippen molar-refractivity contribution >= 4 is 31.3 Å². The van der Waals surface area contributed by atoms with Crippen LogP contribution in [0, 0.1) is 6.92 Å². The van der Waals surface area contributed by atoms with E-state index in [-0.39, 0.29) is 0 Å². The van der Waals surface area contributed by atoms with Crippen molar-refractivity contribution in [3.8, 4) is 0 Å². The van der Waals surface area contributed by atoms with Gasteiger partial charge in [-0.3, -0.25) is 4.98 Å². The van der Waals surface area contributed by atoms with Crippen LogP contribution in [0.25, 0.3) is 10.1 Å². The standard InChI is InChI=1S/C14H11NO2S2/c1-10-4-2-3-5-13(10)19(16,17)14-8-11-6-7-15-9-12(11)18-14/h2-9H,1H3. The maximum Gasteiger partial charge on any atom is 0.216 e. The van der Waals surface area contributed by atoms with Crippen molar-refractivity contribution in [3.05, 3.63) is 54.4 Å². The molecule has 3 aromatic rings. The molecule has 0 fully saturated rings. The van der Waals surface area contributed by atoms with E-state index in [1.165, 1.54) is 11.3 Å². The quantitative estimate of drug-likeness (QED) is 0.726. The predicted octanol–water partition coefficient (Wildman–Crippen LogP) is 3.44. The zero-order valence-electron chi connectivity index (χ0n) is 10.2. The number of nitrogens with zero attached hydrogens (tertiary/aromatic N) is 1. The minimum absolute atomic E-state index is 0.366. The molecule has 0 radical (unpaired) electrons. The summed E-state index contributed by atoms with van der Waals surface area (Å²) in [7, 11) is -3.44. The van der Waals surface area contributed by atoms with Crippen LogP contribution in [0.3, 0.4) is 0 Å². The number of sulfone groups is 1. The van der Waals surface area contributed by atoms with Gasteiger partial charge in [-0.2, -0.15) is 0 Å². The number of thiophene rings is 1. The summed E-state index contributed by atoms with van der Waals surface area (Å²) in [4.78, 5) is 4.38. The van der Waals surface area contributed by atoms with Crippen molar-refractivity contribution in [2.24, 2.45) is 0 Å². The molecule has 0 N–H and O–H groups in total. The third kappa shape index (κ3) is 2.05. The minimum Gasteiger partial charge on any atom is -0.263 e. The van der Waals surface area contributed by atoms with Crippen molar-refractivity contribution in [1.29, 1.82) is 0 Å². The van der Waals surface area contributed by atoms with Crippen LogP contribution in [0.2, 0.25) is 0 Å². The second-order valence-corrected chi connectivity index (χ2v) is 7.48. The Kier molecular flexibility index (Phi) is 2.88. The summed E-state index contributed by atoms with van der Waals surface area (Å²) < 4.78 is 26.5. The van der Waals surface area contributed by atoms with Gasteiger partial charge in [-0.15, -0.1) is 11.3 Å². The lowest BCUT2D eigenvalue weighted by molar-refractivity contribution is 0.597. The first-order valence-corrected chi connectivity index (χ1v) is 8.03. The van der Waals surface area contributed by atoms with Crippen LogP contribution in [-0.4, -0.2) is 13.4 Å². The lowest BCUT2D eigenvalue weighted by Crippen LogP contribution is -2.01. The molecule has 0 amide bonds.